The van der Waals surface area contributed by atoms with Gasteiger partial charge in [-0.3, -0.25) is 4.98 Å². The number of aromatic nitrogens is 3. The predicted octanol–water partition coefficient (Wildman–Crippen LogP) is 14.2. The molecule has 0 spiro atoms. The number of nitrogens with zero attached hydrogens (tertiary/aromatic N) is 3. The lowest BCUT2D eigenvalue weighted by Gasteiger charge is -2.12. The first-order chi connectivity index (χ1) is 28.2. The van der Waals surface area contributed by atoms with Crippen LogP contribution in [0.25, 0.3) is 110 Å². The molecule has 4 heteroatoms. The molecule has 12 aromatic rings. The van der Waals surface area contributed by atoms with Gasteiger partial charge in [0.05, 0.1) is 28.3 Å². The molecule has 0 amide bonds. The van der Waals surface area contributed by atoms with Crippen molar-refractivity contribution in [3.8, 4) is 44.8 Å². The average molecular weight is 728 g/mol. The number of furan rings is 1. The van der Waals surface area contributed by atoms with Crippen LogP contribution in [0, 0.1) is 0 Å². The topological polar surface area (TPSA) is 35.9 Å². The second-order valence-electron chi connectivity index (χ2n) is 14.8. The molecule has 266 valence electrons. The van der Waals surface area contributed by atoms with Crippen molar-refractivity contribution in [1.82, 2.24) is 14.1 Å². The molecule has 0 radical (unpaired) electrons. The molecule has 0 unspecified atom stereocenters. The summed E-state index contributed by atoms with van der Waals surface area (Å²) in [6.45, 7) is 0. The lowest BCUT2D eigenvalue weighted by molar-refractivity contribution is 0.669. The second kappa shape index (κ2) is 12.4. The number of hydrogen-bond acceptors (Lipinski definition) is 2. The molecule has 0 saturated carbocycles. The minimum absolute atomic E-state index is 0.873. The Morgan fingerprint density at radius 2 is 0.772 bits per heavy atom. The van der Waals surface area contributed by atoms with Crippen LogP contribution in [0.2, 0.25) is 0 Å². The zero-order valence-electron chi connectivity index (χ0n) is 30.8. The SMILES string of the molecule is c1cc(-c2cccc(-c3ccc4oc5ccc(-n6c7ccccc7c7ccncc76)cc5c4c3)c2)cc(-c2cccc(-n3c4ccccc4c4ccccc43)c2)c1. The van der Waals surface area contributed by atoms with Gasteiger partial charge in [-0.25, -0.2) is 0 Å². The Bertz CT molecular complexity index is 3440. The van der Waals surface area contributed by atoms with Crippen molar-refractivity contribution in [1.29, 1.82) is 0 Å². The van der Waals surface area contributed by atoms with Crippen molar-refractivity contribution in [3.63, 3.8) is 0 Å². The molecular formula is C53H33N3O. The Morgan fingerprint density at radius 3 is 1.39 bits per heavy atom. The largest absolute Gasteiger partial charge is 0.456 e. The fraction of sp³-hybridized carbons (Fsp3) is 0. The molecule has 4 nitrogen and oxygen atoms in total. The minimum atomic E-state index is 0.873. The van der Waals surface area contributed by atoms with E-state index in [0.717, 1.165) is 55.5 Å². The summed E-state index contributed by atoms with van der Waals surface area (Å²) in [5, 5.41) is 7.13. The van der Waals surface area contributed by atoms with E-state index < -0.39 is 0 Å². The molecule has 0 aliphatic rings. The Kier molecular flexibility index (Phi) is 6.89. The Balaban J connectivity index is 0.917. The fourth-order valence-corrected chi connectivity index (χ4v) is 8.96. The van der Waals surface area contributed by atoms with Gasteiger partial charge in [0.1, 0.15) is 11.2 Å². The van der Waals surface area contributed by atoms with Gasteiger partial charge in [-0.2, -0.15) is 0 Å². The summed E-state index contributed by atoms with van der Waals surface area (Å²) in [7, 11) is 0. The predicted molar refractivity (Wildman–Crippen MR) is 237 cm³/mol. The highest BCUT2D eigenvalue weighted by molar-refractivity contribution is 6.11. The van der Waals surface area contributed by atoms with Gasteiger partial charge in [-0.15, -0.1) is 0 Å². The maximum Gasteiger partial charge on any atom is 0.135 e. The van der Waals surface area contributed by atoms with Crippen LogP contribution in [0.15, 0.2) is 205 Å². The molecule has 8 aromatic carbocycles. The van der Waals surface area contributed by atoms with Crippen LogP contribution in [0.1, 0.15) is 0 Å². The Hall–Kier alpha value is -7.69. The first-order valence-electron chi connectivity index (χ1n) is 19.3. The highest BCUT2D eigenvalue weighted by Gasteiger charge is 2.16. The van der Waals surface area contributed by atoms with E-state index in [-0.39, 0.29) is 0 Å². The van der Waals surface area contributed by atoms with Crippen LogP contribution in [0.3, 0.4) is 0 Å². The first kappa shape index (κ1) is 31.6. The number of hydrogen-bond donors (Lipinski definition) is 0. The van der Waals surface area contributed by atoms with E-state index in [1.807, 2.05) is 12.4 Å². The van der Waals surface area contributed by atoms with E-state index in [0.29, 0.717) is 0 Å². The van der Waals surface area contributed by atoms with Crippen molar-refractivity contribution in [2.45, 2.75) is 0 Å². The lowest BCUT2D eigenvalue weighted by Crippen LogP contribution is -1.94. The highest BCUT2D eigenvalue weighted by Crippen LogP contribution is 2.38. The smallest absolute Gasteiger partial charge is 0.135 e. The summed E-state index contributed by atoms with van der Waals surface area (Å²) < 4.78 is 11.1. The number of para-hydroxylation sites is 3. The average Bonchev–Trinajstić information content (AvgIpc) is 3.94. The van der Waals surface area contributed by atoms with Crippen molar-refractivity contribution in [2.24, 2.45) is 0 Å². The van der Waals surface area contributed by atoms with E-state index in [1.54, 1.807) is 0 Å². The maximum absolute atomic E-state index is 6.39. The molecule has 4 aromatic heterocycles. The normalized spacial score (nSPS) is 11.9. The number of rotatable bonds is 5. The van der Waals surface area contributed by atoms with Gasteiger partial charge in [0.15, 0.2) is 0 Å². The molecule has 0 atom stereocenters. The quantitative estimate of drug-likeness (QED) is 0.177. The van der Waals surface area contributed by atoms with Gasteiger partial charge >= 0.3 is 0 Å². The molecular weight excluding hydrogens is 695 g/mol. The molecule has 12 rings (SSSR count). The first-order valence-corrected chi connectivity index (χ1v) is 19.3. The molecule has 4 heterocycles. The Labute approximate surface area is 328 Å². The van der Waals surface area contributed by atoms with Gasteiger partial charge in [0.2, 0.25) is 0 Å². The summed E-state index contributed by atoms with van der Waals surface area (Å²) in [4.78, 5) is 4.48. The van der Waals surface area contributed by atoms with Crippen molar-refractivity contribution in [3.05, 3.63) is 200 Å². The summed E-state index contributed by atoms with van der Waals surface area (Å²) in [6, 6.07) is 67.7. The van der Waals surface area contributed by atoms with Gasteiger partial charge in [-0.1, -0.05) is 109 Å². The lowest BCUT2D eigenvalue weighted by atomic mass is 9.95. The van der Waals surface area contributed by atoms with Gasteiger partial charge in [0.25, 0.3) is 0 Å². The van der Waals surface area contributed by atoms with Crippen LogP contribution >= 0.6 is 0 Å². The van der Waals surface area contributed by atoms with E-state index in [4.69, 9.17) is 4.42 Å². The van der Waals surface area contributed by atoms with E-state index in [9.17, 15) is 0 Å². The molecule has 0 saturated heterocycles. The Morgan fingerprint density at radius 1 is 0.316 bits per heavy atom. The zero-order chi connectivity index (χ0) is 37.5. The van der Waals surface area contributed by atoms with Crippen LogP contribution in [-0.4, -0.2) is 14.1 Å². The third-order valence-electron chi connectivity index (χ3n) is 11.6. The van der Waals surface area contributed by atoms with Crippen LogP contribution < -0.4 is 0 Å². The molecule has 0 aliphatic heterocycles. The molecule has 57 heavy (non-hydrogen) atoms. The van der Waals surface area contributed by atoms with E-state index in [2.05, 4.69) is 202 Å². The number of benzene rings is 8. The summed E-state index contributed by atoms with van der Waals surface area (Å²) in [5.74, 6) is 0. The summed E-state index contributed by atoms with van der Waals surface area (Å²) >= 11 is 0. The van der Waals surface area contributed by atoms with Crippen molar-refractivity contribution in [2.75, 3.05) is 0 Å². The summed E-state index contributed by atoms with van der Waals surface area (Å²) in [5.41, 5.74) is 15.7. The third kappa shape index (κ3) is 4.98. The zero-order valence-corrected chi connectivity index (χ0v) is 30.8. The van der Waals surface area contributed by atoms with Crippen LogP contribution in [-0.2, 0) is 0 Å². The molecule has 0 fully saturated rings. The van der Waals surface area contributed by atoms with E-state index >= 15 is 0 Å². The maximum atomic E-state index is 6.39. The monoisotopic (exact) mass is 727 g/mol. The minimum Gasteiger partial charge on any atom is -0.456 e. The third-order valence-corrected chi connectivity index (χ3v) is 11.6. The van der Waals surface area contributed by atoms with Gasteiger partial charge in [0, 0.05) is 49.9 Å². The fourth-order valence-electron chi connectivity index (χ4n) is 8.96. The molecule has 0 aliphatic carbocycles. The number of fused-ring (bicyclic) bond motifs is 9. The summed E-state index contributed by atoms with van der Waals surface area (Å²) in [6.07, 6.45) is 3.82. The van der Waals surface area contributed by atoms with E-state index in [1.165, 1.54) is 54.8 Å². The number of pyridine rings is 1. The van der Waals surface area contributed by atoms with Crippen LogP contribution in [0.5, 0.6) is 0 Å². The molecule has 0 bridgehead atoms. The highest BCUT2D eigenvalue weighted by atomic mass is 16.3. The van der Waals surface area contributed by atoms with Gasteiger partial charge in [-0.05, 0) is 112 Å². The van der Waals surface area contributed by atoms with Crippen molar-refractivity contribution < 1.29 is 4.42 Å². The van der Waals surface area contributed by atoms with Crippen molar-refractivity contribution >= 4 is 65.6 Å². The second-order valence-corrected chi connectivity index (χ2v) is 14.8. The standard InChI is InChI=1S/C53H33N3O/c1-4-19-48-42(16-1)43-17-2-5-20-49(43)55(48)40-15-9-14-38(30-40)36-12-7-10-34(28-36)35-11-8-13-37(29-35)39-22-24-52-46(31-39)47-32-41(23-25-53(47)57-52)56-50-21-6-3-18-44(50)45-26-27-54-33-51(45)56/h1-33H. The van der Waals surface area contributed by atoms with Gasteiger partial charge < -0.3 is 13.6 Å². The van der Waals surface area contributed by atoms with Crippen LogP contribution in [0.4, 0.5) is 0 Å². The molecule has 0 N–H and O–H groups in total.